The van der Waals surface area contributed by atoms with Gasteiger partial charge >= 0.3 is 0 Å². The highest BCUT2D eigenvalue weighted by atomic mass is 35.5. The van der Waals surface area contributed by atoms with E-state index in [0.29, 0.717) is 20.6 Å². The minimum absolute atomic E-state index is 0.0261. The van der Waals surface area contributed by atoms with E-state index >= 15 is 0 Å². The highest BCUT2D eigenvalue weighted by Gasteiger charge is 2.31. The summed E-state index contributed by atoms with van der Waals surface area (Å²) in [7, 11) is -3.75. The lowest BCUT2D eigenvalue weighted by atomic mass is 10.0. The Morgan fingerprint density at radius 1 is 0.881 bits per heavy atom. The fourth-order valence-electron chi connectivity index (χ4n) is 4.43. The number of rotatable bonds is 13. The fourth-order valence-corrected chi connectivity index (χ4v) is 6.30. The number of anilines is 1. The van der Waals surface area contributed by atoms with Crippen LogP contribution in [-0.2, 0) is 32.6 Å². The minimum Gasteiger partial charge on any atom is -0.352 e. The molecule has 1 atom stereocenters. The Labute approximate surface area is 267 Å². The Balaban J connectivity index is 1.93. The molecule has 3 rings (SSSR count). The van der Waals surface area contributed by atoms with Gasteiger partial charge in [0.1, 0.15) is 6.04 Å². The molecule has 12 heteroatoms. The molecule has 0 radical (unpaired) electrons. The molecule has 0 aliphatic rings. The number of sulfonamides is 1. The van der Waals surface area contributed by atoms with E-state index in [-0.39, 0.29) is 60.9 Å². The van der Waals surface area contributed by atoms with Gasteiger partial charge in [-0.2, -0.15) is 0 Å². The van der Waals surface area contributed by atoms with Crippen LogP contribution in [0.4, 0.5) is 5.69 Å². The molecule has 7 nitrogen and oxygen atoms in total. The van der Waals surface area contributed by atoms with Crippen LogP contribution in [0.3, 0.4) is 0 Å². The van der Waals surface area contributed by atoms with Crippen molar-refractivity contribution in [2.75, 3.05) is 17.1 Å². The van der Waals surface area contributed by atoms with E-state index in [1.54, 1.807) is 24.3 Å². The van der Waals surface area contributed by atoms with Gasteiger partial charge in [0.25, 0.3) is 0 Å². The summed E-state index contributed by atoms with van der Waals surface area (Å²) < 4.78 is 26.5. The molecule has 226 valence electrons. The molecule has 1 unspecified atom stereocenters. The van der Waals surface area contributed by atoms with Crippen LogP contribution >= 0.6 is 46.4 Å². The van der Waals surface area contributed by atoms with Crippen LogP contribution in [0.1, 0.15) is 37.8 Å². The number of carbonyl (C=O) groups excluding carboxylic acids is 2. The van der Waals surface area contributed by atoms with Gasteiger partial charge in [-0.3, -0.25) is 13.9 Å². The van der Waals surface area contributed by atoms with Crippen molar-refractivity contribution in [2.45, 2.75) is 51.7 Å². The molecule has 3 aromatic carbocycles. The average Bonchev–Trinajstić information content (AvgIpc) is 2.90. The molecule has 2 amide bonds. The Morgan fingerprint density at radius 3 is 2.14 bits per heavy atom. The summed E-state index contributed by atoms with van der Waals surface area (Å²) in [6, 6.07) is 17.9. The molecule has 42 heavy (non-hydrogen) atoms. The lowest BCUT2D eigenvalue weighted by molar-refractivity contribution is -0.141. The van der Waals surface area contributed by atoms with Crippen LogP contribution in [0.25, 0.3) is 0 Å². The van der Waals surface area contributed by atoms with Gasteiger partial charge in [-0.1, -0.05) is 82.8 Å². The van der Waals surface area contributed by atoms with Gasteiger partial charge in [-0.05, 0) is 61.7 Å². The standard InChI is InChI=1S/C30H33Cl4N3O4S/c1-20(2)35-30(39)28(16-21-8-5-4-6-9-21)36(19-22-11-12-23(31)17-26(22)34)29(38)10-7-15-37(42(3,40)41)27-18-24(32)13-14-25(27)33/h4-6,8-9,11-14,17-18,20,28H,7,10,15-16,19H2,1-3H3,(H,35,39). The predicted molar refractivity (Wildman–Crippen MR) is 172 cm³/mol. The van der Waals surface area contributed by atoms with E-state index in [9.17, 15) is 18.0 Å². The summed E-state index contributed by atoms with van der Waals surface area (Å²) in [5, 5.41) is 4.28. The first-order valence-electron chi connectivity index (χ1n) is 13.3. The molecule has 0 aromatic heterocycles. The van der Waals surface area contributed by atoms with Gasteiger partial charge in [0.05, 0.1) is 17.0 Å². The van der Waals surface area contributed by atoms with E-state index in [4.69, 9.17) is 46.4 Å². The van der Waals surface area contributed by atoms with E-state index in [1.165, 1.54) is 17.0 Å². The maximum atomic E-state index is 13.9. The highest BCUT2D eigenvalue weighted by Crippen LogP contribution is 2.31. The summed E-state index contributed by atoms with van der Waals surface area (Å²) in [4.78, 5) is 28.9. The third-order valence-corrected chi connectivity index (χ3v) is 8.71. The number of carbonyl (C=O) groups is 2. The SMILES string of the molecule is CC(C)NC(=O)C(Cc1ccccc1)N(Cc1ccc(Cl)cc1Cl)C(=O)CCCN(c1cc(Cl)ccc1Cl)S(C)(=O)=O. The van der Waals surface area contributed by atoms with Crippen LogP contribution in [0.15, 0.2) is 66.7 Å². The first kappa shape index (κ1) is 34.0. The minimum atomic E-state index is -3.75. The Bertz CT molecular complexity index is 1500. The molecule has 1 N–H and O–H groups in total. The average molecular weight is 673 g/mol. The second-order valence-electron chi connectivity index (χ2n) is 10.2. The van der Waals surface area contributed by atoms with Crippen molar-refractivity contribution in [3.63, 3.8) is 0 Å². The Hall–Kier alpha value is -2.49. The molecule has 3 aromatic rings. The van der Waals surface area contributed by atoms with E-state index < -0.39 is 16.1 Å². The topological polar surface area (TPSA) is 86.8 Å². The lowest BCUT2D eigenvalue weighted by Crippen LogP contribution is -2.51. The van der Waals surface area contributed by atoms with Crippen LogP contribution in [0.5, 0.6) is 0 Å². The zero-order valence-corrected chi connectivity index (χ0v) is 27.3. The van der Waals surface area contributed by atoms with Crippen LogP contribution in [-0.4, -0.2) is 50.0 Å². The second-order valence-corrected chi connectivity index (χ2v) is 13.8. The molecule has 0 aliphatic heterocycles. The molecular weight excluding hydrogens is 640 g/mol. The lowest BCUT2D eigenvalue weighted by Gasteiger charge is -2.32. The summed E-state index contributed by atoms with van der Waals surface area (Å²) in [6.07, 6.45) is 1.44. The molecule has 0 aliphatic carbocycles. The smallest absolute Gasteiger partial charge is 0.243 e. The summed E-state index contributed by atoms with van der Waals surface area (Å²) in [5.74, 6) is -0.651. The summed E-state index contributed by atoms with van der Waals surface area (Å²) >= 11 is 25.0. The van der Waals surface area contributed by atoms with Gasteiger partial charge in [0.2, 0.25) is 21.8 Å². The van der Waals surface area contributed by atoms with Gasteiger partial charge in [-0.25, -0.2) is 8.42 Å². The van der Waals surface area contributed by atoms with Crippen molar-refractivity contribution in [1.82, 2.24) is 10.2 Å². The number of hydrogen-bond acceptors (Lipinski definition) is 4. The number of nitrogens with one attached hydrogen (secondary N) is 1. The first-order valence-corrected chi connectivity index (χ1v) is 16.6. The molecule has 0 fully saturated rings. The number of amides is 2. The number of halogens is 4. The van der Waals surface area contributed by atoms with Gasteiger partial charge in [0.15, 0.2) is 0 Å². The largest absolute Gasteiger partial charge is 0.352 e. The normalized spacial score (nSPS) is 12.2. The molecule has 0 saturated carbocycles. The second kappa shape index (κ2) is 15.3. The predicted octanol–water partition coefficient (Wildman–Crippen LogP) is 7.01. The van der Waals surface area contributed by atoms with Crippen LogP contribution in [0.2, 0.25) is 20.1 Å². The van der Waals surface area contributed by atoms with E-state index in [1.807, 2.05) is 44.2 Å². The van der Waals surface area contributed by atoms with E-state index in [0.717, 1.165) is 16.1 Å². The van der Waals surface area contributed by atoms with Crippen molar-refractivity contribution in [3.8, 4) is 0 Å². The maximum absolute atomic E-state index is 13.9. The molecule has 0 heterocycles. The monoisotopic (exact) mass is 671 g/mol. The zero-order valence-electron chi connectivity index (χ0n) is 23.5. The Morgan fingerprint density at radius 2 is 1.52 bits per heavy atom. The molecular formula is C30H33Cl4N3O4S. The van der Waals surface area contributed by atoms with E-state index in [2.05, 4.69) is 5.32 Å². The molecule has 0 saturated heterocycles. The van der Waals surface area contributed by atoms with Crippen molar-refractivity contribution < 1.29 is 18.0 Å². The molecule has 0 bridgehead atoms. The van der Waals surface area contributed by atoms with Crippen molar-refractivity contribution in [2.24, 2.45) is 0 Å². The third-order valence-electron chi connectivity index (χ3n) is 6.39. The molecule has 0 spiro atoms. The van der Waals surface area contributed by atoms with Gasteiger partial charge in [-0.15, -0.1) is 0 Å². The number of hydrogen-bond donors (Lipinski definition) is 1. The first-order chi connectivity index (χ1) is 19.8. The highest BCUT2D eigenvalue weighted by molar-refractivity contribution is 7.92. The maximum Gasteiger partial charge on any atom is 0.243 e. The van der Waals surface area contributed by atoms with Gasteiger partial charge in [0, 0.05) is 47.0 Å². The quantitative estimate of drug-likeness (QED) is 0.212. The number of benzene rings is 3. The van der Waals surface area contributed by atoms with Gasteiger partial charge < -0.3 is 10.2 Å². The summed E-state index contributed by atoms with van der Waals surface area (Å²) in [6.45, 7) is 3.72. The van der Waals surface area contributed by atoms with Crippen molar-refractivity contribution in [3.05, 3.63) is 97.9 Å². The summed E-state index contributed by atoms with van der Waals surface area (Å²) in [5.41, 5.74) is 1.72. The van der Waals surface area contributed by atoms with Crippen molar-refractivity contribution in [1.29, 1.82) is 0 Å². The van der Waals surface area contributed by atoms with Crippen LogP contribution in [0, 0.1) is 0 Å². The van der Waals surface area contributed by atoms with Crippen molar-refractivity contribution >= 4 is 73.9 Å². The Kier molecular flexibility index (Phi) is 12.4. The fraction of sp³-hybridized carbons (Fsp3) is 0.333. The zero-order chi connectivity index (χ0) is 31.0. The number of nitrogens with zero attached hydrogens (tertiary/aromatic N) is 2. The third kappa shape index (κ3) is 9.78. The van der Waals surface area contributed by atoms with Crippen LogP contribution < -0.4 is 9.62 Å².